The zero-order valence-electron chi connectivity index (χ0n) is 15.8. The van der Waals surface area contributed by atoms with Crippen molar-refractivity contribution in [3.8, 4) is 17.0 Å². The van der Waals surface area contributed by atoms with Gasteiger partial charge in [0.1, 0.15) is 5.75 Å². The van der Waals surface area contributed by atoms with Crippen LogP contribution in [0, 0.1) is 0 Å². The summed E-state index contributed by atoms with van der Waals surface area (Å²) in [5.74, 6) is 0.239. The summed E-state index contributed by atoms with van der Waals surface area (Å²) in [6, 6.07) is 27.7. The highest BCUT2D eigenvalue weighted by Crippen LogP contribution is 2.20. The van der Waals surface area contributed by atoms with Crippen LogP contribution in [0.1, 0.15) is 11.1 Å². The Morgan fingerprint density at radius 3 is 2.28 bits per heavy atom. The first-order valence-corrected chi connectivity index (χ1v) is 10.3. The monoisotopic (exact) mass is 399 g/mol. The zero-order valence-corrected chi connectivity index (χ0v) is 16.7. The number of rotatable bonds is 6. The molecule has 0 bridgehead atoms. The van der Waals surface area contributed by atoms with Gasteiger partial charge in [-0.1, -0.05) is 60.7 Å². The molecule has 1 heterocycles. The van der Waals surface area contributed by atoms with Crippen LogP contribution in [0.2, 0.25) is 0 Å². The molecular formula is C24H21N3OS. The number of hydrogen-bond donors (Lipinski definition) is 1. The fourth-order valence-electron chi connectivity index (χ4n) is 3.06. The van der Waals surface area contributed by atoms with E-state index in [1.165, 1.54) is 11.1 Å². The maximum Gasteiger partial charge on any atom is 0.211 e. The second-order valence-electron chi connectivity index (χ2n) is 6.59. The van der Waals surface area contributed by atoms with E-state index in [9.17, 15) is 5.11 Å². The molecule has 0 saturated carbocycles. The number of hydrogen-bond acceptors (Lipinski definition) is 4. The number of benzene rings is 3. The minimum absolute atomic E-state index is 0.239. The van der Waals surface area contributed by atoms with E-state index in [1.807, 2.05) is 36.4 Å². The number of aromatic nitrogens is 1. The van der Waals surface area contributed by atoms with Crippen molar-refractivity contribution in [3.05, 3.63) is 106 Å². The molecule has 0 amide bonds. The SMILES string of the molecule is Oc1ccc(/C=N/N=c2/scc(-c3ccccc3)n2CCc2ccccc2)cc1. The largest absolute Gasteiger partial charge is 0.508 e. The third-order valence-corrected chi connectivity index (χ3v) is 5.43. The van der Waals surface area contributed by atoms with Gasteiger partial charge >= 0.3 is 0 Å². The molecule has 4 rings (SSSR count). The van der Waals surface area contributed by atoms with Crippen LogP contribution in [0.5, 0.6) is 5.75 Å². The molecule has 0 radical (unpaired) electrons. The molecule has 3 aromatic carbocycles. The second kappa shape index (κ2) is 9.17. The topological polar surface area (TPSA) is 49.9 Å². The molecule has 1 aromatic heterocycles. The molecule has 4 aromatic rings. The van der Waals surface area contributed by atoms with Crippen molar-refractivity contribution in [3.63, 3.8) is 0 Å². The van der Waals surface area contributed by atoms with Crippen LogP contribution in [0.15, 0.2) is 101 Å². The van der Waals surface area contributed by atoms with Gasteiger partial charge in [-0.2, -0.15) is 5.10 Å². The Hall–Kier alpha value is -3.44. The number of phenols is 1. The van der Waals surface area contributed by atoms with E-state index in [4.69, 9.17) is 0 Å². The number of aromatic hydroxyl groups is 1. The lowest BCUT2D eigenvalue weighted by molar-refractivity contribution is 0.475. The van der Waals surface area contributed by atoms with Crippen molar-refractivity contribution >= 4 is 17.6 Å². The van der Waals surface area contributed by atoms with E-state index < -0.39 is 0 Å². The number of nitrogens with zero attached hydrogens (tertiary/aromatic N) is 3. The molecule has 0 aliphatic heterocycles. The van der Waals surface area contributed by atoms with Crippen molar-refractivity contribution in [1.29, 1.82) is 0 Å². The maximum atomic E-state index is 9.39. The molecule has 0 fully saturated rings. The minimum Gasteiger partial charge on any atom is -0.508 e. The Bertz CT molecular complexity index is 1140. The van der Waals surface area contributed by atoms with Gasteiger partial charge in [-0.3, -0.25) is 0 Å². The van der Waals surface area contributed by atoms with Crippen LogP contribution in [-0.2, 0) is 13.0 Å². The Morgan fingerprint density at radius 2 is 1.55 bits per heavy atom. The van der Waals surface area contributed by atoms with E-state index >= 15 is 0 Å². The van der Waals surface area contributed by atoms with Gasteiger partial charge < -0.3 is 9.67 Å². The van der Waals surface area contributed by atoms with E-state index in [2.05, 4.69) is 56.5 Å². The number of phenolic OH excluding ortho intramolecular Hbond substituents is 1. The summed E-state index contributed by atoms with van der Waals surface area (Å²) in [4.78, 5) is 0.856. The summed E-state index contributed by atoms with van der Waals surface area (Å²) >= 11 is 1.59. The molecule has 1 N–H and O–H groups in total. The fraction of sp³-hybridized carbons (Fsp3) is 0.0833. The van der Waals surface area contributed by atoms with Gasteiger partial charge in [0.25, 0.3) is 0 Å². The third-order valence-electron chi connectivity index (χ3n) is 4.58. The zero-order chi connectivity index (χ0) is 19.9. The molecule has 0 aliphatic carbocycles. The molecule has 0 saturated heterocycles. The fourth-order valence-corrected chi connectivity index (χ4v) is 3.95. The quantitative estimate of drug-likeness (QED) is 0.356. The lowest BCUT2D eigenvalue weighted by Crippen LogP contribution is -2.17. The smallest absolute Gasteiger partial charge is 0.211 e. The molecule has 0 unspecified atom stereocenters. The predicted octanol–water partition coefficient (Wildman–Crippen LogP) is 5.10. The first kappa shape index (κ1) is 18.9. The number of aryl methyl sites for hydroxylation is 1. The van der Waals surface area contributed by atoms with Crippen LogP contribution in [-0.4, -0.2) is 15.9 Å². The van der Waals surface area contributed by atoms with Crippen molar-refractivity contribution in [1.82, 2.24) is 4.57 Å². The van der Waals surface area contributed by atoms with E-state index in [1.54, 1.807) is 29.7 Å². The Labute approximate surface area is 173 Å². The minimum atomic E-state index is 0.239. The van der Waals surface area contributed by atoms with Crippen LogP contribution in [0.25, 0.3) is 11.3 Å². The van der Waals surface area contributed by atoms with Gasteiger partial charge in [-0.15, -0.1) is 16.4 Å². The van der Waals surface area contributed by atoms with Crippen molar-refractivity contribution in [2.75, 3.05) is 0 Å². The highest BCUT2D eigenvalue weighted by atomic mass is 32.1. The van der Waals surface area contributed by atoms with Gasteiger partial charge in [0.15, 0.2) is 0 Å². The van der Waals surface area contributed by atoms with Gasteiger partial charge in [-0.25, -0.2) is 0 Å². The van der Waals surface area contributed by atoms with Gasteiger partial charge in [0.05, 0.1) is 11.9 Å². The van der Waals surface area contributed by atoms with Crippen LogP contribution in [0.3, 0.4) is 0 Å². The summed E-state index contributed by atoms with van der Waals surface area (Å²) in [6.07, 6.45) is 2.62. The highest BCUT2D eigenvalue weighted by Gasteiger charge is 2.08. The molecule has 0 spiro atoms. The second-order valence-corrected chi connectivity index (χ2v) is 7.43. The summed E-state index contributed by atoms with van der Waals surface area (Å²) < 4.78 is 2.22. The van der Waals surface area contributed by atoms with Crippen molar-refractivity contribution in [2.45, 2.75) is 13.0 Å². The molecule has 5 heteroatoms. The first-order chi connectivity index (χ1) is 14.3. The number of thiazole rings is 1. The predicted molar refractivity (Wildman–Crippen MR) is 119 cm³/mol. The first-order valence-electron chi connectivity index (χ1n) is 9.43. The van der Waals surface area contributed by atoms with E-state index in [0.29, 0.717) is 0 Å². The molecule has 4 nitrogen and oxygen atoms in total. The average Bonchev–Trinajstić information content (AvgIpc) is 3.18. The summed E-state index contributed by atoms with van der Waals surface area (Å²) in [5.41, 5.74) is 4.50. The van der Waals surface area contributed by atoms with Crippen LogP contribution >= 0.6 is 11.3 Å². The molecule has 0 aliphatic rings. The summed E-state index contributed by atoms with van der Waals surface area (Å²) in [7, 11) is 0. The summed E-state index contributed by atoms with van der Waals surface area (Å²) in [5, 5.41) is 20.3. The lowest BCUT2D eigenvalue weighted by atomic mass is 10.1. The van der Waals surface area contributed by atoms with Gasteiger partial charge in [-0.05, 0) is 47.4 Å². The average molecular weight is 400 g/mol. The highest BCUT2D eigenvalue weighted by molar-refractivity contribution is 7.07. The van der Waals surface area contributed by atoms with Gasteiger partial charge in [0.2, 0.25) is 4.80 Å². The van der Waals surface area contributed by atoms with Crippen LogP contribution in [0.4, 0.5) is 0 Å². The molecule has 0 atom stereocenters. The maximum absolute atomic E-state index is 9.39. The third kappa shape index (κ3) is 4.89. The molecule has 144 valence electrons. The normalized spacial score (nSPS) is 11.9. The Morgan fingerprint density at radius 1 is 0.862 bits per heavy atom. The Balaban J connectivity index is 1.65. The van der Waals surface area contributed by atoms with Crippen molar-refractivity contribution < 1.29 is 5.11 Å². The van der Waals surface area contributed by atoms with E-state index in [-0.39, 0.29) is 5.75 Å². The summed E-state index contributed by atoms with van der Waals surface area (Å²) in [6.45, 7) is 0.825. The Kier molecular flexibility index (Phi) is 5.98. The van der Waals surface area contributed by atoms with Crippen molar-refractivity contribution in [2.24, 2.45) is 10.2 Å². The molecule has 29 heavy (non-hydrogen) atoms. The van der Waals surface area contributed by atoms with Crippen LogP contribution < -0.4 is 4.80 Å². The standard InChI is InChI=1S/C24H21N3OS/c28-22-13-11-20(12-14-22)17-25-26-24-27(16-15-19-7-3-1-4-8-19)23(18-29-24)21-9-5-2-6-10-21/h1-14,17-18,28H,15-16H2/b25-17+,26-24+. The van der Waals surface area contributed by atoms with Gasteiger partial charge in [0, 0.05) is 11.9 Å². The lowest BCUT2D eigenvalue weighted by Gasteiger charge is -2.09. The van der Waals surface area contributed by atoms with E-state index in [0.717, 1.165) is 29.0 Å². The molecular weight excluding hydrogens is 378 g/mol.